The third-order valence-corrected chi connectivity index (χ3v) is 11.9. The molecule has 0 spiro atoms. The molecule has 4 N–H and O–H groups in total. The Labute approximate surface area is 346 Å². The predicted octanol–water partition coefficient (Wildman–Crippen LogP) is 5.65. The van der Waals surface area contributed by atoms with Crippen molar-refractivity contribution in [3.63, 3.8) is 0 Å². The highest BCUT2D eigenvalue weighted by Crippen LogP contribution is 2.38. The van der Waals surface area contributed by atoms with E-state index in [1.165, 1.54) is 39.7 Å². The van der Waals surface area contributed by atoms with Crippen LogP contribution in [0, 0.1) is 11.6 Å². The summed E-state index contributed by atoms with van der Waals surface area (Å²) < 4.78 is 46.6. The average Bonchev–Trinajstić information content (AvgIpc) is 4.11. The van der Waals surface area contributed by atoms with Crippen LogP contribution in [0.5, 0.6) is 0 Å². The van der Waals surface area contributed by atoms with Gasteiger partial charge in [0.1, 0.15) is 41.1 Å². The number of benzene rings is 2. The summed E-state index contributed by atoms with van der Waals surface area (Å²) in [5.41, 5.74) is 2.08. The van der Waals surface area contributed by atoms with Crippen molar-refractivity contribution in [3.05, 3.63) is 89.4 Å². The first-order valence-electron chi connectivity index (χ1n) is 20.2. The number of amides is 4. The summed E-state index contributed by atoms with van der Waals surface area (Å²) in [6.07, 6.45) is 5.24. The zero-order valence-electron chi connectivity index (χ0n) is 34.1. The summed E-state index contributed by atoms with van der Waals surface area (Å²) in [4.78, 5) is 72.6. The van der Waals surface area contributed by atoms with Crippen molar-refractivity contribution in [2.45, 2.75) is 81.6 Å². The lowest BCUT2D eigenvalue weighted by Gasteiger charge is -2.33. The zero-order valence-corrected chi connectivity index (χ0v) is 34.1. The molecule has 4 amide bonds. The molecule has 2 aromatic heterocycles. The molecule has 18 heteroatoms. The fourth-order valence-electron chi connectivity index (χ4n) is 8.60. The topological polar surface area (TPSA) is 187 Å². The van der Waals surface area contributed by atoms with Gasteiger partial charge in [0.2, 0.25) is 5.91 Å². The van der Waals surface area contributed by atoms with Gasteiger partial charge in [-0.3, -0.25) is 9.59 Å². The Morgan fingerprint density at radius 1 is 0.767 bits per heavy atom. The molecule has 0 radical (unpaired) electrons. The van der Waals surface area contributed by atoms with Gasteiger partial charge >= 0.3 is 12.2 Å². The second kappa shape index (κ2) is 18.5. The quantitative estimate of drug-likeness (QED) is 0.139. The summed E-state index contributed by atoms with van der Waals surface area (Å²) in [6, 6.07) is 8.81. The number of piperidine rings is 1. The van der Waals surface area contributed by atoms with Crippen LogP contribution in [0.3, 0.4) is 0 Å². The molecule has 3 aliphatic rings. The van der Waals surface area contributed by atoms with E-state index in [4.69, 9.17) is 14.2 Å². The molecule has 60 heavy (non-hydrogen) atoms. The van der Waals surface area contributed by atoms with Crippen LogP contribution in [-0.2, 0) is 23.8 Å². The molecule has 7 rings (SSSR count). The molecule has 0 saturated carbocycles. The SMILES string of the molecule is COC(=O)N[C@H](C(=O)N1CCC[C@H]1c1ncc(C2CCN(c3c(F)cc(-c4cnc([C@@H]5CCCN5C(=O)[C@H](NC(=O)OC)c5ccccc5)[nH]4)cc3F)CC2)[nH]1)[C@@H](C)OC. The smallest absolute Gasteiger partial charge is 0.407 e. The van der Waals surface area contributed by atoms with E-state index in [1.807, 2.05) is 6.07 Å². The molecule has 0 bridgehead atoms. The van der Waals surface area contributed by atoms with Gasteiger partial charge in [0.05, 0.1) is 44.3 Å². The molecule has 5 heterocycles. The number of hydrogen-bond acceptors (Lipinski definition) is 10. The third-order valence-electron chi connectivity index (χ3n) is 11.9. The molecule has 0 aliphatic carbocycles. The minimum Gasteiger partial charge on any atom is -0.453 e. The number of methoxy groups -OCH3 is 3. The molecule has 2 aromatic carbocycles. The van der Waals surface area contributed by atoms with Crippen LogP contribution in [0.4, 0.5) is 24.1 Å². The average molecular weight is 832 g/mol. The molecule has 0 unspecified atom stereocenters. The fourth-order valence-corrected chi connectivity index (χ4v) is 8.60. The second-order valence-corrected chi connectivity index (χ2v) is 15.4. The first-order chi connectivity index (χ1) is 29.0. The number of carbonyl (C=O) groups excluding carboxylic acids is 4. The number of anilines is 1. The molecule has 3 saturated heterocycles. The Morgan fingerprint density at radius 2 is 1.35 bits per heavy atom. The largest absolute Gasteiger partial charge is 0.453 e. The number of nitrogens with zero attached hydrogens (tertiary/aromatic N) is 5. The fraction of sp³-hybridized carbons (Fsp3) is 0.476. The Hall–Kier alpha value is -6.04. The zero-order chi connectivity index (χ0) is 42.5. The maximum atomic E-state index is 15.9. The Morgan fingerprint density at radius 3 is 1.97 bits per heavy atom. The van der Waals surface area contributed by atoms with Gasteiger partial charge in [-0.05, 0) is 63.1 Å². The maximum Gasteiger partial charge on any atom is 0.407 e. The van der Waals surface area contributed by atoms with Gasteiger partial charge in [-0.1, -0.05) is 30.3 Å². The Kier molecular flexibility index (Phi) is 13.0. The lowest BCUT2D eigenvalue weighted by molar-refractivity contribution is -0.137. The van der Waals surface area contributed by atoms with Gasteiger partial charge in [0.15, 0.2) is 0 Å². The molecular formula is C42H51F2N9O7. The van der Waals surface area contributed by atoms with Gasteiger partial charge in [-0.25, -0.2) is 28.3 Å². The van der Waals surface area contributed by atoms with Crippen LogP contribution in [0.15, 0.2) is 54.9 Å². The van der Waals surface area contributed by atoms with Crippen LogP contribution in [0.2, 0.25) is 0 Å². The van der Waals surface area contributed by atoms with Crippen molar-refractivity contribution in [3.8, 4) is 11.3 Å². The lowest BCUT2D eigenvalue weighted by Crippen LogP contribution is -2.54. The number of rotatable bonds is 12. The van der Waals surface area contributed by atoms with Crippen molar-refractivity contribution >= 4 is 29.7 Å². The summed E-state index contributed by atoms with van der Waals surface area (Å²) in [7, 11) is 3.94. The van der Waals surface area contributed by atoms with Crippen LogP contribution in [0.25, 0.3) is 11.3 Å². The standard InChI is InChI=1S/C42H51F2N9O7/c1-24(58-2)34(49-41(56)59-3)39(54)52-16-8-12-32(52)37-45-22-30(47-37)25-14-18-51(19-15-25)36-28(43)20-27(21-29(36)44)31-23-46-38(48-31)33-13-9-17-53(33)40(55)35(50-42(57)60-4)26-10-6-5-7-11-26/h5-7,10-11,20-25,32-35H,8-9,12-19H2,1-4H3,(H,45,47)(H,46,48)(H,49,56)(H,50,57)/t24-,32+,33+,34+,35-/m1/s1. The summed E-state index contributed by atoms with van der Waals surface area (Å²) >= 11 is 0. The van der Waals surface area contributed by atoms with Crippen molar-refractivity contribution in [1.29, 1.82) is 0 Å². The summed E-state index contributed by atoms with van der Waals surface area (Å²) in [6.45, 7) is 3.46. The van der Waals surface area contributed by atoms with Gasteiger partial charge in [-0.2, -0.15) is 0 Å². The van der Waals surface area contributed by atoms with E-state index in [9.17, 15) is 19.2 Å². The van der Waals surface area contributed by atoms with Crippen molar-refractivity contribution in [1.82, 2.24) is 40.4 Å². The Bertz CT molecular complexity index is 2140. The summed E-state index contributed by atoms with van der Waals surface area (Å²) in [5, 5.41) is 5.24. The summed E-state index contributed by atoms with van der Waals surface area (Å²) in [5.74, 6) is -0.830. The lowest BCUT2D eigenvalue weighted by atomic mass is 9.93. The predicted molar refractivity (Wildman–Crippen MR) is 215 cm³/mol. The number of ether oxygens (including phenoxy) is 3. The van der Waals surface area contributed by atoms with Crippen molar-refractivity contribution in [2.24, 2.45) is 0 Å². The molecule has 16 nitrogen and oxygen atoms in total. The molecular weight excluding hydrogens is 781 g/mol. The monoisotopic (exact) mass is 831 g/mol. The number of nitrogens with one attached hydrogen (secondary N) is 4. The van der Waals surface area contributed by atoms with E-state index < -0.39 is 48.1 Å². The molecule has 5 atom stereocenters. The number of imidazole rings is 2. The van der Waals surface area contributed by atoms with Gasteiger partial charge < -0.3 is 49.5 Å². The van der Waals surface area contributed by atoms with Crippen LogP contribution in [-0.4, -0.2) is 113 Å². The molecule has 3 fully saturated rings. The number of halogens is 2. The highest BCUT2D eigenvalue weighted by molar-refractivity contribution is 5.88. The first kappa shape index (κ1) is 42.1. The second-order valence-electron chi connectivity index (χ2n) is 15.4. The van der Waals surface area contributed by atoms with Crippen molar-refractivity contribution in [2.75, 3.05) is 52.4 Å². The van der Waals surface area contributed by atoms with E-state index in [-0.39, 0.29) is 35.0 Å². The van der Waals surface area contributed by atoms with Crippen LogP contribution < -0.4 is 15.5 Å². The van der Waals surface area contributed by atoms with Gasteiger partial charge in [0.25, 0.3) is 5.91 Å². The number of H-pyrrole nitrogens is 2. The van der Waals surface area contributed by atoms with Crippen molar-refractivity contribution < 1.29 is 42.2 Å². The van der Waals surface area contributed by atoms with E-state index in [1.54, 1.807) is 52.1 Å². The highest BCUT2D eigenvalue weighted by Gasteiger charge is 2.40. The normalized spacial score (nSPS) is 19.8. The minimum absolute atomic E-state index is 0.0605. The number of likely N-dealkylation sites (tertiary alicyclic amines) is 2. The number of alkyl carbamates (subject to hydrolysis) is 2. The van der Waals surface area contributed by atoms with Crippen LogP contribution >= 0.6 is 0 Å². The van der Waals surface area contributed by atoms with Gasteiger partial charge in [-0.15, -0.1) is 0 Å². The number of hydrogen-bond donors (Lipinski definition) is 4. The van der Waals surface area contributed by atoms with E-state index in [0.29, 0.717) is 81.2 Å². The number of carbonyl (C=O) groups is 4. The molecule has 4 aromatic rings. The molecule has 320 valence electrons. The number of aromatic amines is 2. The van der Waals surface area contributed by atoms with Crippen LogP contribution in [0.1, 0.15) is 92.4 Å². The third kappa shape index (κ3) is 8.78. The van der Waals surface area contributed by atoms with Gasteiger partial charge in [0, 0.05) is 56.7 Å². The maximum absolute atomic E-state index is 15.9. The van der Waals surface area contributed by atoms with E-state index in [0.717, 1.165) is 12.1 Å². The van der Waals surface area contributed by atoms with E-state index in [2.05, 4.69) is 30.6 Å². The van der Waals surface area contributed by atoms with E-state index >= 15 is 8.78 Å². The highest BCUT2D eigenvalue weighted by atomic mass is 19.1. The first-order valence-corrected chi connectivity index (χ1v) is 20.2. The molecule has 3 aliphatic heterocycles. The number of aromatic nitrogens is 4. The Balaban J connectivity index is 0.994. The minimum atomic E-state index is -0.977.